The van der Waals surface area contributed by atoms with Crippen LogP contribution in [-0.2, 0) is 4.79 Å². The molecule has 0 saturated carbocycles. The van der Waals surface area contributed by atoms with E-state index in [1.165, 1.54) is 0 Å². The van der Waals surface area contributed by atoms with E-state index in [4.69, 9.17) is 16.3 Å². The van der Waals surface area contributed by atoms with E-state index in [0.29, 0.717) is 23.7 Å². The second-order valence-electron chi connectivity index (χ2n) is 7.63. The van der Waals surface area contributed by atoms with Crippen LogP contribution >= 0.6 is 11.6 Å². The molecule has 0 aliphatic rings. The normalized spacial score (nSPS) is 11.4. The second-order valence-corrected chi connectivity index (χ2v) is 8.07. The number of hydrogen-bond donors (Lipinski definition) is 3. The summed E-state index contributed by atoms with van der Waals surface area (Å²) in [5.74, 6) is -0.144. The summed E-state index contributed by atoms with van der Waals surface area (Å²) in [7, 11) is 1.62. The average Bonchev–Trinajstić information content (AvgIpc) is 2.83. The number of amides is 2. The zero-order chi connectivity index (χ0) is 23.6. The number of aryl methyl sites for hydroxylation is 1. The summed E-state index contributed by atoms with van der Waals surface area (Å²) >= 11 is 6.01. The molecule has 172 valence electrons. The Morgan fingerprint density at radius 1 is 0.939 bits per heavy atom. The largest absolute Gasteiger partial charge is 0.497 e. The standard InChI is InChI=1S/C26H28ClN3O3/c1-18-4-3-5-20(16-18)25(31)30-17-24(19-6-8-21(27)9-7-19)26(32)29-15-14-28-22-10-12-23(33-2)13-11-22/h3-13,16,24,28H,14-15,17H2,1-2H3,(H,29,32)(H,30,31). The molecule has 6 nitrogen and oxygen atoms in total. The third-order valence-corrected chi connectivity index (χ3v) is 5.43. The number of carbonyl (C=O) groups excluding carboxylic acids is 2. The number of hydrogen-bond acceptors (Lipinski definition) is 4. The third kappa shape index (κ3) is 7.26. The molecule has 0 saturated heterocycles. The fourth-order valence-electron chi connectivity index (χ4n) is 3.36. The molecule has 33 heavy (non-hydrogen) atoms. The number of carbonyl (C=O) groups is 2. The molecule has 1 unspecified atom stereocenters. The van der Waals surface area contributed by atoms with E-state index in [2.05, 4.69) is 16.0 Å². The van der Waals surface area contributed by atoms with Crippen LogP contribution in [0.5, 0.6) is 5.75 Å². The highest BCUT2D eigenvalue weighted by Gasteiger charge is 2.21. The first-order valence-corrected chi connectivity index (χ1v) is 11.1. The molecule has 0 aliphatic carbocycles. The van der Waals surface area contributed by atoms with E-state index in [1.54, 1.807) is 37.4 Å². The quantitative estimate of drug-likeness (QED) is 0.388. The van der Waals surface area contributed by atoms with Crippen molar-refractivity contribution in [2.75, 3.05) is 32.1 Å². The van der Waals surface area contributed by atoms with Crippen molar-refractivity contribution >= 4 is 29.1 Å². The molecular formula is C26H28ClN3O3. The maximum Gasteiger partial charge on any atom is 0.251 e. The fraction of sp³-hybridized carbons (Fsp3) is 0.231. The monoisotopic (exact) mass is 465 g/mol. The van der Waals surface area contributed by atoms with E-state index in [0.717, 1.165) is 22.6 Å². The van der Waals surface area contributed by atoms with Gasteiger partial charge < -0.3 is 20.7 Å². The molecule has 3 rings (SSSR count). The van der Waals surface area contributed by atoms with Gasteiger partial charge in [-0.1, -0.05) is 41.4 Å². The lowest BCUT2D eigenvalue weighted by Crippen LogP contribution is -2.39. The van der Waals surface area contributed by atoms with Crippen LogP contribution in [0.15, 0.2) is 72.8 Å². The molecule has 0 heterocycles. The number of methoxy groups -OCH3 is 1. The van der Waals surface area contributed by atoms with Gasteiger partial charge in [-0.2, -0.15) is 0 Å². The summed E-state index contributed by atoms with van der Waals surface area (Å²) in [5, 5.41) is 9.68. The van der Waals surface area contributed by atoms with E-state index in [1.807, 2.05) is 49.4 Å². The highest BCUT2D eigenvalue weighted by molar-refractivity contribution is 6.30. The van der Waals surface area contributed by atoms with Crippen LogP contribution in [-0.4, -0.2) is 38.6 Å². The van der Waals surface area contributed by atoms with E-state index in [-0.39, 0.29) is 18.4 Å². The van der Waals surface area contributed by atoms with Crippen molar-refractivity contribution in [2.45, 2.75) is 12.8 Å². The van der Waals surface area contributed by atoms with Crippen molar-refractivity contribution in [2.24, 2.45) is 0 Å². The van der Waals surface area contributed by atoms with E-state index in [9.17, 15) is 9.59 Å². The lowest BCUT2D eigenvalue weighted by atomic mass is 9.97. The molecular weight excluding hydrogens is 438 g/mol. The van der Waals surface area contributed by atoms with Gasteiger partial charge in [-0.25, -0.2) is 0 Å². The minimum absolute atomic E-state index is 0.168. The van der Waals surface area contributed by atoms with Gasteiger partial charge in [0.05, 0.1) is 13.0 Å². The summed E-state index contributed by atoms with van der Waals surface area (Å²) in [5.41, 5.74) is 3.28. The molecule has 0 spiro atoms. The predicted molar refractivity (Wildman–Crippen MR) is 132 cm³/mol. The van der Waals surface area contributed by atoms with Crippen molar-refractivity contribution < 1.29 is 14.3 Å². The maximum atomic E-state index is 13.0. The number of rotatable bonds is 10. The van der Waals surface area contributed by atoms with Gasteiger partial charge in [0.15, 0.2) is 0 Å². The van der Waals surface area contributed by atoms with Gasteiger partial charge in [-0.15, -0.1) is 0 Å². The van der Waals surface area contributed by atoms with Gasteiger partial charge in [-0.3, -0.25) is 9.59 Å². The van der Waals surface area contributed by atoms with E-state index >= 15 is 0 Å². The molecule has 0 radical (unpaired) electrons. The predicted octanol–water partition coefficient (Wildman–Crippen LogP) is 4.40. The van der Waals surface area contributed by atoms with Gasteiger partial charge in [0, 0.05) is 35.9 Å². The Bertz CT molecular complexity index is 1070. The Kier molecular flexibility index (Phi) is 8.72. The van der Waals surface area contributed by atoms with Gasteiger partial charge in [0.2, 0.25) is 5.91 Å². The molecule has 3 aromatic rings. The molecule has 0 bridgehead atoms. The average molecular weight is 466 g/mol. The lowest BCUT2D eigenvalue weighted by molar-refractivity contribution is -0.122. The summed E-state index contributed by atoms with van der Waals surface area (Å²) in [4.78, 5) is 25.6. The first kappa shape index (κ1) is 24.1. The maximum absolute atomic E-state index is 13.0. The van der Waals surface area contributed by atoms with Crippen LogP contribution in [0.4, 0.5) is 5.69 Å². The minimum Gasteiger partial charge on any atom is -0.497 e. The summed E-state index contributed by atoms with van der Waals surface area (Å²) in [6.07, 6.45) is 0. The fourth-order valence-corrected chi connectivity index (χ4v) is 3.49. The van der Waals surface area contributed by atoms with Crippen molar-refractivity contribution in [3.8, 4) is 5.75 Å². The van der Waals surface area contributed by atoms with Crippen molar-refractivity contribution in [3.05, 3.63) is 94.5 Å². The van der Waals surface area contributed by atoms with Crippen LogP contribution in [0.3, 0.4) is 0 Å². The highest BCUT2D eigenvalue weighted by atomic mass is 35.5. The molecule has 0 fully saturated rings. The van der Waals surface area contributed by atoms with Gasteiger partial charge >= 0.3 is 0 Å². The number of anilines is 1. The Balaban J connectivity index is 1.58. The Labute approximate surface area is 199 Å². The molecule has 0 aliphatic heterocycles. The first-order valence-electron chi connectivity index (χ1n) is 10.7. The van der Waals surface area contributed by atoms with Gasteiger partial charge in [-0.05, 0) is 61.0 Å². The van der Waals surface area contributed by atoms with Crippen molar-refractivity contribution in [1.29, 1.82) is 0 Å². The minimum atomic E-state index is -0.544. The first-order chi connectivity index (χ1) is 16.0. The molecule has 1 atom stereocenters. The third-order valence-electron chi connectivity index (χ3n) is 5.18. The molecule has 0 aromatic heterocycles. The van der Waals surface area contributed by atoms with Crippen molar-refractivity contribution in [3.63, 3.8) is 0 Å². The van der Waals surface area contributed by atoms with Crippen LogP contribution in [0, 0.1) is 6.92 Å². The highest BCUT2D eigenvalue weighted by Crippen LogP contribution is 2.19. The second kappa shape index (κ2) is 11.9. The van der Waals surface area contributed by atoms with Gasteiger partial charge in [0.25, 0.3) is 5.91 Å². The number of ether oxygens (including phenoxy) is 1. The van der Waals surface area contributed by atoms with Crippen LogP contribution < -0.4 is 20.7 Å². The summed E-state index contributed by atoms with van der Waals surface area (Å²) < 4.78 is 5.15. The zero-order valence-electron chi connectivity index (χ0n) is 18.7. The lowest BCUT2D eigenvalue weighted by Gasteiger charge is -2.19. The zero-order valence-corrected chi connectivity index (χ0v) is 19.5. The number of benzene rings is 3. The number of halogens is 1. The van der Waals surface area contributed by atoms with Gasteiger partial charge in [0.1, 0.15) is 5.75 Å². The van der Waals surface area contributed by atoms with Crippen LogP contribution in [0.25, 0.3) is 0 Å². The topological polar surface area (TPSA) is 79.5 Å². The van der Waals surface area contributed by atoms with Crippen molar-refractivity contribution in [1.82, 2.24) is 10.6 Å². The molecule has 7 heteroatoms. The smallest absolute Gasteiger partial charge is 0.251 e. The van der Waals surface area contributed by atoms with Crippen LogP contribution in [0.1, 0.15) is 27.4 Å². The molecule has 2 amide bonds. The summed E-state index contributed by atoms with van der Waals surface area (Å²) in [6, 6.07) is 22.0. The number of nitrogens with one attached hydrogen (secondary N) is 3. The van der Waals surface area contributed by atoms with E-state index < -0.39 is 5.92 Å². The summed E-state index contributed by atoms with van der Waals surface area (Å²) in [6.45, 7) is 3.09. The molecule has 3 aromatic carbocycles. The Morgan fingerprint density at radius 3 is 2.33 bits per heavy atom. The van der Waals surface area contributed by atoms with Crippen LogP contribution in [0.2, 0.25) is 5.02 Å². The Hall–Kier alpha value is -3.51. The SMILES string of the molecule is COc1ccc(NCCNC(=O)C(CNC(=O)c2cccc(C)c2)c2ccc(Cl)cc2)cc1. The Morgan fingerprint density at radius 2 is 1.67 bits per heavy atom. The molecule has 3 N–H and O–H groups in total.